The zero-order valence-corrected chi connectivity index (χ0v) is 22.4. The molecular formula is C27H29N5O7. The predicted molar refractivity (Wildman–Crippen MR) is 143 cm³/mol. The largest absolute Gasteiger partial charge is 0.457 e. The molecule has 1 atom stereocenters. The summed E-state index contributed by atoms with van der Waals surface area (Å²) in [5.74, 6) is -1.39. The van der Waals surface area contributed by atoms with Crippen LogP contribution in [0.15, 0.2) is 29.1 Å². The number of nitro benzene ring substituents is 1. The Kier molecular flexibility index (Phi) is 6.37. The Morgan fingerprint density at radius 1 is 1.21 bits per heavy atom. The molecule has 4 heterocycles. The lowest BCUT2D eigenvalue weighted by Crippen LogP contribution is -2.47. The van der Waals surface area contributed by atoms with Crippen molar-refractivity contribution < 1.29 is 24.0 Å². The van der Waals surface area contributed by atoms with E-state index in [0.717, 1.165) is 17.8 Å². The molecule has 5 rings (SSSR count). The average molecular weight is 536 g/mol. The number of nitro groups is 1. The maximum Gasteiger partial charge on any atom is 0.355 e. The third kappa shape index (κ3) is 4.11. The van der Waals surface area contributed by atoms with Gasteiger partial charge in [0.05, 0.1) is 39.6 Å². The Morgan fingerprint density at radius 3 is 2.59 bits per heavy atom. The summed E-state index contributed by atoms with van der Waals surface area (Å²) in [6, 6.07) is 6.21. The highest BCUT2D eigenvalue weighted by molar-refractivity contribution is 5.99. The van der Waals surface area contributed by atoms with Gasteiger partial charge in [-0.3, -0.25) is 19.7 Å². The zero-order chi connectivity index (χ0) is 28.2. The summed E-state index contributed by atoms with van der Waals surface area (Å²) in [7, 11) is 5.82. The second-order valence-electron chi connectivity index (χ2n) is 10.1. The van der Waals surface area contributed by atoms with Crippen molar-refractivity contribution in [2.75, 3.05) is 39.1 Å². The van der Waals surface area contributed by atoms with Crippen molar-refractivity contribution in [3.8, 4) is 11.4 Å². The van der Waals surface area contributed by atoms with Gasteiger partial charge in [0.25, 0.3) is 11.2 Å². The lowest BCUT2D eigenvalue weighted by Gasteiger charge is -2.35. The van der Waals surface area contributed by atoms with Crippen molar-refractivity contribution in [2.45, 2.75) is 39.0 Å². The minimum Gasteiger partial charge on any atom is -0.457 e. The predicted octanol–water partition coefficient (Wildman–Crippen LogP) is 2.56. The van der Waals surface area contributed by atoms with E-state index in [0.29, 0.717) is 34.4 Å². The summed E-state index contributed by atoms with van der Waals surface area (Å²) in [6.07, 6.45) is 0.0848. The fraction of sp³-hybridized carbons (Fsp3) is 0.407. The van der Waals surface area contributed by atoms with E-state index in [9.17, 15) is 24.5 Å². The number of rotatable bonds is 7. The molecule has 0 bridgehead atoms. The highest BCUT2D eigenvalue weighted by Gasteiger charge is 2.50. The Hall–Kier alpha value is -4.32. The van der Waals surface area contributed by atoms with Gasteiger partial charge in [-0.2, -0.15) is 0 Å². The fourth-order valence-electron chi connectivity index (χ4n) is 5.46. The molecule has 2 aliphatic heterocycles. The van der Waals surface area contributed by atoms with Crippen LogP contribution in [-0.4, -0.2) is 65.5 Å². The summed E-state index contributed by atoms with van der Waals surface area (Å²) in [4.78, 5) is 58.8. The van der Waals surface area contributed by atoms with Crippen LogP contribution in [0.3, 0.4) is 0 Å². The van der Waals surface area contributed by atoms with Crippen LogP contribution >= 0.6 is 0 Å². The quantitative estimate of drug-likeness (QED) is 0.197. The minimum atomic E-state index is -1.74. The monoisotopic (exact) mass is 535 g/mol. The average Bonchev–Trinajstić information content (AvgIpc) is 3.25. The van der Waals surface area contributed by atoms with Crippen molar-refractivity contribution in [1.29, 1.82) is 0 Å². The Labute approximate surface area is 223 Å². The summed E-state index contributed by atoms with van der Waals surface area (Å²) in [5.41, 5.74) is 1.43. The first kappa shape index (κ1) is 26.3. The van der Waals surface area contributed by atoms with Gasteiger partial charge in [-0.05, 0) is 32.6 Å². The molecule has 1 aromatic carbocycles. The van der Waals surface area contributed by atoms with Crippen molar-refractivity contribution in [3.05, 3.63) is 61.4 Å². The van der Waals surface area contributed by atoms with E-state index in [1.54, 1.807) is 23.6 Å². The number of carbonyl (C=O) groups is 2. The number of anilines is 1. The van der Waals surface area contributed by atoms with Crippen molar-refractivity contribution in [1.82, 2.24) is 14.5 Å². The van der Waals surface area contributed by atoms with Crippen LogP contribution in [0, 0.1) is 10.1 Å². The summed E-state index contributed by atoms with van der Waals surface area (Å²) in [6.45, 7) is 4.20. The number of non-ortho nitro benzene ring substituents is 1. The highest BCUT2D eigenvalue weighted by atomic mass is 16.6. The number of carbonyl (C=O) groups excluding carboxylic acids is 2. The number of nitrogens with zero attached hydrogens (tertiary/aromatic N) is 5. The van der Waals surface area contributed by atoms with Gasteiger partial charge in [-0.1, -0.05) is 6.92 Å². The van der Waals surface area contributed by atoms with Gasteiger partial charge < -0.3 is 23.8 Å². The van der Waals surface area contributed by atoms with Gasteiger partial charge in [0.2, 0.25) is 5.60 Å². The number of fused-ring (bicyclic) bond motifs is 5. The Bertz CT molecular complexity index is 1610. The molecule has 0 unspecified atom stereocenters. The van der Waals surface area contributed by atoms with Crippen LogP contribution in [0.1, 0.15) is 37.0 Å². The summed E-state index contributed by atoms with van der Waals surface area (Å²) >= 11 is 0. The van der Waals surface area contributed by atoms with Crippen LogP contribution in [-0.2, 0) is 37.8 Å². The highest BCUT2D eigenvalue weighted by Crippen LogP contribution is 2.44. The van der Waals surface area contributed by atoms with Gasteiger partial charge in [-0.25, -0.2) is 9.78 Å². The van der Waals surface area contributed by atoms with E-state index in [1.165, 1.54) is 19.1 Å². The number of ether oxygens (including phenoxy) is 2. The second-order valence-corrected chi connectivity index (χ2v) is 10.1. The maximum absolute atomic E-state index is 13.8. The number of hydrogen-bond acceptors (Lipinski definition) is 10. The van der Waals surface area contributed by atoms with Crippen LogP contribution < -0.4 is 10.5 Å². The van der Waals surface area contributed by atoms with Crippen LogP contribution in [0.5, 0.6) is 0 Å². The number of aromatic nitrogens is 2. The smallest absolute Gasteiger partial charge is 0.355 e. The summed E-state index contributed by atoms with van der Waals surface area (Å²) in [5, 5.41) is 12.2. The van der Waals surface area contributed by atoms with Crippen LogP contribution in [0.2, 0.25) is 0 Å². The molecule has 12 heteroatoms. The molecule has 0 radical (unpaired) electrons. The molecule has 0 spiro atoms. The van der Waals surface area contributed by atoms with E-state index >= 15 is 0 Å². The first-order valence-electron chi connectivity index (χ1n) is 12.6. The van der Waals surface area contributed by atoms with E-state index < -0.39 is 22.5 Å². The third-order valence-electron chi connectivity index (χ3n) is 7.40. The summed E-state index contributed by atoms with van der Waals surface area (Å²) < 4.78 is 12.4. The molecule has 3 aromatic rings. The fourth-order valence-corrected chi connectivity index (χ4v) is 5.46. The molecule has 2 aromatic heterocycles. The third-order valence-corrected chi connectivity index (χ3v) is 7.40. The lowest BCUT2D eigenvalue weighted by molar-refractivity contribution is -0.384. The number of pyridine rings is 2. The Morgan fingerprint density at radius 2 is 1.95 bits per heavy atom. The van der Waals surface area contributed by atoms with E-state index in [-0.39, 0.29) is 36.4 Å². The first-order valence-corrected chi connectivity index (χ1v) is 12.6. The molecule has 0 saturated carbocycles. The van der Waals surface area contributed by atoms with Gasteiger partial charge in [0.15, 0.2) is 0 Å². The Balaban J connectivity index is 1.78. The van der Waals surface area contributed by atoms with E-state index in [4.69, 9.17) is 14.5 Å². The van der Waals surface area contributed by atoms with Gasteiger partial charge in [0, 0.05) is 55.7 Å². The van der Waals surface area contributed by atoms with Crippen molar-refractivity contribution >= 4 is 34.2 Å². The molecule has 204 valence electrons. The maximum atomic E-state index is 13.8. The first-order chi connectivity index (χ1) is 18.5. The molecule has 39 heavy (non-hydrogen) atoms. The molecule has 0 fully saturated rings. The zero-order valence-electron chi connectivity index (χ0n) is 22.4. The lowest BCUT2D eigenvalue weighted by atomic mass is 9.85. The van der Waals surface area contributed by atoms with Crippen molar-refractivity contribution in [2.24, 2.45) is 0 Å². The van der Waals surface area contributed by atoms with Gasteiger partial charge in [-0.15, -0.1) is 0 Å². The van der Waals surface area contributed by atoms with E-state index in [2.05, 4.69) is 0 Å². The molecule has 0 aliphatic carbocycles. The van der Waals surface area contributed by atoms with Crippen LogP contribution in [0.4, 0.5) is 11.4 Å². The standard InChI is InChI=1S/C27H29N5O7/c1-6-27(39-15(2)33)20-12-22-23-18(13-31(22)25(34)19(20)14-38-26(27)35)24(30(5)10-9-29(3)4)17-11-16(32(36)37)7-8-21(17)28-23/h7-8,11-12H,6,9-10,13-14H2,1-5H3/t27-/m0/s1. The molecule has 0 N–H and O–H groups in total. The second kappa shape index (κ2) is 9.45. The van der Waals surface area contributed by atoms with E-state index in [1.807, 2.05) is 30.9 Å². The normalized spacial score (nSPS) is 17.4. The van der Waals surface area contributed by atoms with Gasteiger partial charge >= 0.3 is 11.9 Å². The van der Waals surface area contributed by atoms with Crippen LogP contribution in [0.25, 0.3) is 22.3 Å². The topological polar surface area (TPSA) is 137 Å². The number of esters is 2. The molecule has 2 aliphatic rings. The van der Waals surface area contributed by atoms with Gasteiger partial charge in [0.1, 0.15) is 6.61 Å². The molecule has 0 amide bonds. The van der Waals surface area contributed by atoms with Crippen molar-refractivity contribution in [3.63, 3.8) is 0 Å². The number of hydrogen-bond donors (Lipinski definition) is 0. The molecule has 0 saturated heterocycles. The molecular weight excluding hydrogens is 506 g/mol. The number of likely N-dealkylation sites (N-methyl/N-ethyl adjacent to an activating group) is 2. The number of cyclic esters (lactones) is 1. The SMILES string of the molecule is CC[C@@]1(OC(C)=O)C(=O)OCc2c1cc1n(c2=O)Cc2c-1nc1ccc([N+](=O)[O-])cc1c2N(C)CCN(C)C. The molecule has 12 nitrogen and oxygen atoms in total. The number of benzene rings is 1. The minimum absolute atomic E-state index is 0.0561.